The second kappa shape index (κ2) is 7.89. The van der Waals surface area contributed by atoms with Gasteiger partial charge in [0.25, 0.3) is 5.91 Å². The lowest BCUT2D eigenvalue weighted by molar-refractivity contribution is -0.121. The molecule has 0 radical (unpaired) electrons. The average Bonchev–Trinajstić information content (AvgIpc) is 2.37. The van der Waals surface area contributed by atoms with Gasteiger partial charge in [-0.2, -0.15) is 0 Å². The predicted octanol–water partition coefficient (Wildman–Crippen LogP) is 2.10. The van der Waals surface area contributed by atoms with Gasteiger partial charge in [0.2, 0.25) is 5.91 Å². The number of carbonyl (C=O) groups excluding carboxylic acids is 2. The number of methoxy groups -OCH3 is 1. The van der Waals surface area contributed by atoms with Gasteiger partial charge >= 0.3 is 0 Å². The van der Waals surface area contributed by atoms with Gasteiger partial charge in [0.1, 0.15) is 5.75 Å². The van der Waals surface area contributed by atoms with E-state index in [1.807, 2.05) is 13.8 Å². The van der Waals surface area contributed by atoms with Crippen molar-refractivity contribution in [2.75, 3.05) is 13.7 Å². The number of carbonyl (C=O) groups is 2. The molecule has 6 heteroatoms. The van der Waals surface area contributed by atoms with E-state index in [4.69, 9.17) is 4.74 Å². The van der Waals surface area contributed by atoms with E-state index in [0.29, 0.717) is 22.3 Å². The predicted molar refractivity (Wildman–Crippen MR) is 80.9 cm³/mol. The van der Waals surface area contributed by atoms with Gasteiger partial charge in [-0.15, -0.1) is 0 Å². The molecule has 1 aromatic carbocycles. The Bertz CT molecular complexity index is 489. The van der Waals surface area contributed by atoms with Crippen molar-refractivity contribution in [2.45, 2.75) is 26.3 Å². The fraction of sp³-hybridized carbons (Fsp3) is 0.429. The Kier molecular flexibility index (Phi) is 6.51. The van der Waals surface area contributed by atoms with Crippen molar-refractivity contribution < 1.29 is 14.3 Å². The van der Waals surface area contributed by atoms with Gasteiger partial charge in [-0.05, 0) is 48.0 Å². The average molecular weight is 343 g/mol. The Labute approximate surface area is 127 Å². The summed E-state index contributed by atoms with van der Waals surface area (Å²) < 4.78 is 5.81. The first kappa shape index (κ1) is 16.5. The Balaban J connectivity index is 2.47. The van der Waals surface area contributed by atoms with Crippen LogP contribution in [0.15, 0.2) is 22.7 Å². The van der Waals surface area contributed by atoms with Crippen molar-refractivity contribution in [3.8, 4) is 5.75 Å². The number of ether oxygens (including phenoxy) is 1. The Morgan fingerprint density at radius 1 is 1.35 bits per heavy atom. The summed E-state index contributed by atoms with van der Waals surface area (Å²) in [6.45, 7) is 4.10. The summed E-state index contributed by atoms with van der Waals surface area (Å²) in [7, 11) is 1.56. The summed E-state index contributed by atoms with van der Waals surface area (Å²) in [6.07, 6.45) is 0.265. The largest absolute Gasteiger partial charge is 0.496 e. The van der Waals surface area contributed by atoms with Gasteiger partial charge in [-0.25, -0.2) is 0 Å². The molecule has 0 aliphatic heterocycles. The second-order valence-corrected chi connectivity index (χ2v) is 5.43. The van der Waals surface area contributed by atoms with E-state index in [1.165, 1.54) is 0 Å². The minimum atomic E-state index is -0.217. The number of hydrogen-bond donors (Lipinski definition) is 2. The maximum atomic E-state index is 11.9. The molecule has 0 aromatic heterocycles. The van der Waals surface area contributed by atoms with Crippen LogP contribution in [0.5, 0.6) is 5.75 Å². The monoisotopic (exact) mass is 342 g/mol. The van der Waals surface area contributed by atoms with E-state index >= 15 is 0 Å². The van der Waals surface area contributed by atoms with E-state index in [-0.39, 0.29) is 24.3 Å². The molecule has 0 saturated carbocycles. The molecule has 110 valence electrons. The lowest BCUT2D eigenvalue weighted by atomic mass is 10.2. The van der Waals surface area contributed by atoms with Crippen LogP contribution in [-0.4, -0.2) is 31.5 Å². The normalized spacial score (nSPS) is 10.2. The lowest BCUT2D eigenvalue weighted by Gasteiger charge is -2.09. The van der Waals surface area contributed by atoms with Gasteiger partial charge < -0.3 is 15.4 Å². The molecule has 0 aliphatic rings. The van der Waals surface area contributed by atoms with Crippen molar-refractivity contribution in [3.63, 3.8) is 0 Å². The highest BCUT2D eigenvalue weighted by Crippen LogP contribution is 2.25. The van der Waals surface area contributed by atoms with Crippen molar-refractivity contribution in [3.05, 3.63) is 28.2 Å². The Morgan fingerprint density at radius 2 is 2.05 bits per heavy atom. The van der Waals surface area contributed by atoms with Crippen LogP contribution in [0.3, 0.4) is 0 Å². The van der Waals surface area contributed by atoms with Crippen LogP contribution in [0, 0.1) is 0 Å². The van der Waals surface area contributed by atoms with E-state index in [1.54, 1.807) is 25.3 Å². The minimum absolute atomic E-state index is 0.0730. The molecule has 0 spiro atoms. The third-order valence-electron chi connectivity index (χ3n) is 2.50. The maximum Gasteiger partial charge on any atom is 0.251 e. The summed E-state index contributed by atoms with van der Waals surface area (Å²) in [5, 5.41) is 5.47. The molecule has 2 N–H and O–H groups in total. The molecule has 2 amide bonds. The highest BCUT2D eigenvalue weighted by molar-refractivity contribution is 9.10. The van der Waals surface area contributed by atoms with Crippen LogP contribution in [0.4, 0.5) is 0 Å². The Hall–Kier alpha value is -1.56. The zero-order valence-corrected chi connectivity index (χ0v) is 13.4. The van der Waals surface area contributed by atoms with Crippen molar-refractivity contribution in [1.82, 2.24) is 10.6 Å². The fourth-order valence-corrected chi connectivity index (χ4v) is 2.13. The van der Waals surface area contributed by atoms with Crippen molar-refractivity contribution in [2.24, 2.45) is 0 Å². The van der Waals surface area contributed by atoms with E-state index in [2.05, 4.69) is 26.6 Å². The molecule has 0 fully saturated rings. The number of rotatable bonds is 6. The van der Waals surface area contributed by atoms with E-state index < -0.39 is 0 Å². The Morgan fingerprint density at radius 3 is 2.60 bits per heavy atom. The number of nitrogens with one attached hydrogen (secondary N) is 2. The van der Waals surface area contributed by atoms with Crippen LogP contribution in [-0.2, 0) is 4.79 Å². The van der Waals surface area contributed by atoms with Crippen LogP contribution >= 0.6 is 15.9 Å². The summed E-state index contributed by atoms with van der Waals surface area (Å²) in [5.41, 5.74) is 0.516. The van der Waals surface area contributed by atoms with Gasteiger partial charge in [0.05, 0.1) is 11.6 Å². The van der Waals surface area contributed by atoms with Gasteiger partial charge in [0, 0.05) is 24.6 Å². The smallest absolute Gasteiger partial charge is 0.251 e. The molecule has 0 atom stereocenters. The van der Waals surface area contributed by atoms with Crippen LogP contribution in [0.2, 0.25) is 0 Å². The molecule has 0 saturated heterocycles. The third kappa shape index (κ3) is 5.21. The second-order valence-electron chi connectivity index (χ2n) is 4.58. The first-order valence-corrected chi connectivity index (χ1v) is 7.14. The lowest BCUT2D eigenvalue weighted by Crippen LogP contribution is -2.34. The molecule has 0 heterocycles. The highest BCUT2D eigenvalue weighted by atomic mass is 79.9. The molecule has 20 heavy (non-hydrogen) atoms. The van der Waals surface area contributed by atoms with Gasteiger partial charge in [-0.1, -0.05) is 0 Å². The number of benzene rings is 1. The third-order valence-corrected chi connectivity index (χ3v) is 3.12. The molecule has 1 aromatic rings. The SMILES string of the molecule is COc1ccc(C(=O)NCCC(=O)NC(C)C)cc1Br. The first-order valence-electron chi connectivity index (χ1n) is 6.35. The highest BCUT2D eigenvalue weighted by Gasteiger charge is 2.09. The number of hydrogen-bond acceptors (Lipinski definition) is 3. The standard InChI is InChI=1S/C14H19BrN2O3/c1-9(2)17-13(18)6-7-16-14(19)10-4-5-12(20-3)11(15)8-10/h4-5,8-9H,6-7H2,1-3H3,(H,16,19)(H,17,18). The number of halogens is 1. The van der Waals surface area contributed by atoms with Gasteiger partial charge in [0.15, 0.2) is 0 Å². The van der Waals surface area contributed by atoms with Crippen molar-refractivity contribution in [1.29, 1.82) is 0 Å². The summed E-state index contributed by atoms with van der Waals surface area (Å²) >= 11 is 3.33. The van der Waals surface area contributed by atoms with Crippen molar-refractivity contribution >= 4 is 27.7 Å². The molecular formula is C14H19BrN2O3. The number of amides is 2. The molecule has 5 nitrogen and oxygen atoms in total. The minimum Gasteiger partial charge on any atom is -0.496 e. The molecule has 0 unspecified atom stereocenters. The zero-order chi connectivity index (χ0) is 15.1. The summed E-state index contributed by atoms with van der Waals surface area (Å²) in [5.74, 6) is 0.375. The van der Waals surface area contributed by atoms with Gasteiger partial charge in [-0.3, -0.25) is 9.59 Å². The molecule has 0 aliphatic carbocycles. The topological polar surface area (TPSA) is 67.4 Å². The van der Waals surface area contributed by atoms with Crippen LogP contribution < -0.4 is 15.4 Å². The van der Waals surface area contributed by atoms with E-state index in [9.17, 15) is 9.59 Å². The quantitative estimate of drug-likeness (QED) is 0.831. The van der Waals surface area contributed by atoms with E-state index in [0.717, 1.165) is 0 Å². The van der Waals surface area contributed by atoms with Crippen LogP contribution in [0.1, 0.15) is 30.6 Å². The molecular weight excluding hydrogens is 324 g/mol. The summed E-state index contributed by atoms with van der Waals surface area (Å²) in [4.78, 5) is 23.3. The zero-order valence-electron chi connectivity index (χ0n) is 11.8. The maximum absolute atomic E-state index is 11.9. The molecule has 0 bridgehead atoms. The first-order chi connectivity index (χ1) is 9.43. The molecule has 1 rings (SSSR count). The van der Waals surface area contributed by atoms with Crippen LogP contribution in [0.25, 0.3) is 0 Å². The summed E-state index contributed by atoms with van der Waals surface area (Å²) in [6, 6.07) is 5.18. The fourth-order valence-electron chi connectivity index (χ4n) is 1.59.